The molecule has 8 heteroatoms. The first-order valence-electron chi connectivity index (χ1n) is 10.8. The molecule has 0 unspecified atom stereocenters. The second kappa shape index (κ2) is 11.7. The molecule has 1 fully saturated rings. The van der Waals surface area contributed by atoms with E-state index in [0.717, 1.165) is 5.69 Å². The third-order valence-electron chi connectivity index (χ3n) is 4.57. The van der Waals surface area contributed by atoms with Gasteiger partial charge in [-0.2, -0.15) is 0 Å². The molecule has 0 aliphatic heterocycles. The average Bonchev–Trinajstić information content (AvgIpc) is 3.16. The molecule has 0 radical (unpaired) electrons. The summed E-state index contributed by atoms with van der Waals surface area (Å²) in [5, 5.41) is 1.31. The lowest BCUT2D eigenvalue weighted by Crippen LogP contribution is -2.29. The van der Waals surface area contributed by atoms with Crippen LogP contribution in [0.15, 0.2) is 29.3 Å². The molecule has 172 valence electrons. The number of nitrogens with zero attached hydrogens (tertiary/aromatic N) is 1. The first kappa shape index (κ1) is 25.5. The fourth-order valence-corrected chi connectivity index (χ4v) is 5.31. The van der Waals surface area contributed by atoms with Crippen LogP contribution in [0.4, 0.5) is 10.5 Å². The molecule has 6 nitrogen and oxygen atoms in total. The van der Waals surface area contributed by atoms with Crippen LogP contribution in [0.5, 0.6) is 0 Å². The number of nitrogens with two attached hydrogens (primary N) is 2. The highest BCUT2D eigenvalue weighted by molar-refractivity contribution is 7.97. The second-order valence-corrected chi connectivity index (χ2v) is 11.0. The number of rotatable bonds is 5. The maximum atomic E-state index is 9.81. The molecule has 1 heterocycles. The first-order chi connectivity index (χ1) is 14.5. The van der Waals surface area contributed by atoms with Gasteiger partial charge in [-0.15, -0.1) is 11.3 Å². The van der Waals surface area contributed by atoms with Gasteiger partial charge in [-0.05, 0) is 71.5 Å². The number of aromatic nitrogens is 1. The maximum Gasteiger partial charge on any atom is 0.404 e. The smallest absolute Gasteiger partial charge is 0.404 e. The molecule has 1 amide bonds. The van der Waals surface area contributed by atoms with Gasteiger partial charge in [-0.25, -0.2) is 9.78 Å². The zero-order valence-electron chi connectivity index (χ0n) is 19.2. The summed E-state index contributed by atoms with van der Waals surface area (Å²) < 4.78 is 7.88. The van der Waals surface area contributed by atoms with Gasteiger partial charge in [0.15, 0.2) is 0 Å². The minimum atomic E-state index is -0.713. The van der Waals surface area contributed by atoms with Crippen LogP contribution >= 0.6 is 23.3 Å². The zero-order valence-corrected chi connectivity index (χ0v) is 20.9. The van der Waals surface area contributed by atoms with Crippen LogP contribution < -0.4 is 16.2 Å². The predicted octanol–water partition coefficient (Wildman–Crippen LogP) is 6.33. The Morgan fingerprint density at radius 2 is 1.94 bits per heavy atom. The molecule has 3 rings (SSSR count). The SMILES string of the molecule is CC(C)(C)NSc1cc(N)ccc1-c1cnc(C2CCCCC2)s1.CC(C)OC(N)=O. The Bertz CT molecular complexity index is 840. The van der Waals surface area contributed by atoms with Crippen LogP contribution in [0.2, 0.25) is 0 Å². The van der Waals surface area contributed by atoms with E-state index in [1.807, 2.05) is 23.6 Å². The number of hydrogen-bond donors (Lipinski definition) is 3. The van der Waals surface area contributed by atoms with Crippen molar-refractivity contribution in [2.45, 2.75) is 89.2 Å². The number of ether oxygens (including phenoxy) is 1. The Kier molecular flexibility index (Phi) is 9.65. The number of amides is 1. The largest absolute Gasteiger partial charge is 0.447 e. The highest BCUT2D eigenvalue weighted by Crippen LogP contribution is 2.40. The average molecular weight is 465 g/mol. The van der Waals surface area contributed by atoms with E-state index in [9.17, 15) is 4.79 Å². The van der Waals surface area contributed by atoms with Gasteiger partial charge in [0.2, 0.25) is 0 Å². The van der Waals surface area contributed by atoms with E-state index >= 15 is 0 Å². The number of carbonyl (C=O) groups excluding carboxylic acids is 1. The van der Waals surface area contributed by atoms with E-state index in [0.29, 0.717) is 5.92 Å². The minimum Gasteiger partial charge on any atom is -0.447 e. The summed E-state index contributed by atoms with van der Waals surface area (Å²) in [5.74, 6) is 0.662. The van der Waals surface area contributed by atoms with Crippen molar-refractivity contribution in [3.8, 4) is 10.4 Å². The summed E-state index contributed by atoms with van der Waals surface area (Å²) in [7, 11) is 0. The Hall–Kier alpha value is -1.77. The van der Waals surface area contributed by atoms with Gasteiger partial charge in [0.05, 0.1) is 16.0 Å². The topological polar surface area (TPSA) is 103 Å². The summed E-state index contributed by atoms with van der Waals surface area (Å²) in [4.78, 5) is 17.0. The van der Waals surface area contributed by atoms with Crippen LogP contribution in [0.3, 0.4) is 0 Å². The third kappa shape index (κ3) is 9.09. The van der Waals surface area contributed by atoms with Crippen molar-refractivity contribution in [2.24, 2.45) is 5.73 Å². The summed E-state index contributed by atoms with van der Waals surface area (Å²) in [6.45, 7) is 9.98. The maximum absolute atomic E-state index is 9.81. The number of carbonyl (C=O) groups is 1. The minimum absolute atomic E-state index is 0.0491. The number of nitrogen functional groups attached to an aromatic ring is 1. The number of nitrogens with one attached hydrogen (secondary N) is 1. The van der Waals surface area contributed by atoms with Gasteiger partial charge in [0, 0.05) is 33.8 Å². The summed E-state index contributed by atoms with van der Waals surface area (Å²) in [5.41, 5.74) is 12.7. The Balaban J connectivity index is 0.000000423. The number of benzene rings is 1. The molecule has 1 aromatic heterocycles. The highest BCUT2D eigenvalue weighted by Gasteiger charge is 2.20. The van der Waals surface area contributed by atoms with Gasteiger partial charge < -0.3 is 16.2 Å². The number of anilines is 1. The number of hydrogen-bond acceptors (Lipinski definition) is 7. The molecule has 5 N–H and O–H groups in total. The van der Waals surface area contributed by atoms with Crippen molar-refractivity contribution in [1.29, 1.82) is 0 Å². The van der Waals surface area contributed by atoms with Crippen molar-refractivity contribution in [3.63, 3.8) is 0 Å². The summed E-state index contributed by atoms with van der Waals surface area (Å²) in [6.07, 6.45) is 7.89. The third-order valence-corrected chi connectivity index (χ3v) is 7.03. The first-order valence-corrected chi connectivity index (χ1v) is 12.4. The lowest BCUT2D eigenvalue weighted by molar-refractivity contribution is 0.125. The lowest BCUT2D eigenvalue weighted by atomic mass is 9.90. The molecular formula is C23H36N4O2S2. The Morgan fingerprint density at radius 3 is 2.48 bits per heavy atom. The van der Waals surface area contributed by atoms with E-state index < -0.39 is 6.09 Å². The van der Waals surface area contributed by atoms with Crippen molar-refractivity contribution >= 4 is 35.1 Å². The quantitative estimate of drug-likeness (QED) is 0.353. The monoisotopic (exact) mass is 464 g/mol. The molecule has 1 aliphatic rings. The lowest BCUT2D eigenvalue weighted by Gasteiger charge is -2.20. The van der Waals surface area contributed by atoms with E-state index in [4.69, 9.17) is 10.7 Å². The van der Waals surface area contributed by atoms with Crippen LogP contribution in [0.1, 0.15) is 77.6 Å². The predicted molar refractivity (Wildman–Crippen MR) is 132 cm³/mol. The molecule has 1 aromatic carbocycles. The molecular weight excluding hydrogens is 428 g/mol. The van der Waals surface area contributed by atoms with Gasteiger partial charge in [-0.3, -0.25) is 4.72 Å². The van der Waals surface area contributed by atoms with Crippen molar-refractivity contribution in [2.75, 3.05) is 5.73 Å². The van der Waals surface area contributed by atoms with Gasteiger partial charge in [0.1, 0.15) is 0 Å². The van der Waals surface area contributed by atoms with E-state index in [1.165, 1.54) is 52.4 Å². The van der Waals surface area contributed by atoms with Crippen LogP contribution in [-0.4, -0.2) is 22.7 Å². The summed E-state index contributed by atoms with van der Waals surface area (Å²) in [6, 6.07) is 6.16. The normalized spacial score (nSPS) is 14.8. The van der Waals surface area contributed by atoms with Crippen LogP contribution in [-0.2, 0) is 4.74 Å². The number of primary amides is 1. The molecule has 2 aromatic rings. The van der Waals surface area contributed by atoms with E-state index in [1.54, 1.807) is 25.8 Å². The fourth-order valence-electron chi connectivity index (χ4n) is 3.22. The van der Waals surface area contributed by atoms with Crippen molar-refractivity contribution in [1.82, 2.24) is 9.71 Å². The Labute approximate surface area is 194 Å². The van der Waals surface area contributed by atoms with Crippen LogP contribution in [0.25, 0.3) is 10.4 Å². The van der Waals surface area contributed by atoms with Crippen molar-refractivity contribution in [3.05, 3.63) is 29.4 Å². The van der Waals surface area contributed by atoms with Crippen molar-refractivity contribution < 1.29 is 9.53 Å². The van der Waals surface area contributed by atoms with E-state index in [2.05, 4.69) is 48.1 Å². The molecule has 0 spiro atoms. The molecule has 0 saturated heterocycles. The molecule has 0 bridgehead atoms. The Morgan fingerprint density at radius 1 is 1.26 bits per heavy atom. The molecule has 0 atom stereocenters. The molecule has 1 aliphatic carbocycles. The fraction of sp³-hybridized carbons (Fsp3) is 0.565. The molecule has 31 heavy (non-hydrogen) atoms. The van der Waals surface area contributed by atoms with E-state index in [-0.39, 0.29) is 11.6 Å². The van der Waals surface area contributed by atoms with Crippen LogP contribution in [0, 0.1) is 0 Å². The zero-order chi connectivity index (χ0) is 23.0. The molecule has 1 saturated carbocycles. The summed E-state index contributed by atoms with van der Waals surface area (Å²) >= 11 is 3.51. The standard InChI is InChI=1S/C19H27N3S2.C4H9NO2/c1-19(2,3)22-24-16-11-14(20)9-10-15(16)17-12-21-18(23-17)13-7-5-4-6-8-13;1-3(2)7-4(5)6/h9-13,22H,4-8,20H2,1-3H3;3H,1-2H3,(H2,5,6). The van der Waals surface area contributed by atoms with Gasteiger partial charge >= 0.3 is 6.09 Å². The number of thiazole rings is 1. The highest BCUT2D eigenvalue weighted by atomic mass is 32.2. The second-order valence-electron chi connectivity index (χ2n) is 9.09. The van der Waals surface area contributed by atoms with Gasteiger partial charge in [0.25, 0.3) is 0 Å². The van der Waals surface area contributed by atoms with Gasteiger partial charge in [-0.1, -0.05) is 25.3 Å².